The van der Waals surface area contributed by atoms with Crippen LogP contribution < -0.4 is 14.5 Å². The maximum atomic E-state index is 13.2. The van der Waals surface area contributed by atoms with Crippen molar-refractivity contribution in [3.05, 3.63) is 78.4 Å². The Morgan fingerprint density at radius 1 is 0.868 bits per heavy atom. The summed E-state index contributed by atoms with van der Waals surface area (Å²) >= 11 is 0. The van der Waals surface area contributed by atoms with Crippen molar-refractivity contribution >= 4 is 45.8 Å². The molecule has 3 aromatic rings. The fraction of sp³-hybridized carbons (Fsp3) is 0.290. The smallest absolute Gasteiger partial charge is 0.316 e. The van der Waals surface area contributed by atoms with Gasteiger partial charge in [0.05, 0.1) is 29.1 Å². The quantitative estimate of drug-likeness (QED) is 0.226. The number of carbonyl (C=O) groups is 4. The van der Waals surface area contributed by atoms with Crippen LogP contribution in [0.4, 0.5) is 11.4 Å². The number of allylic oxidation sites excluding steroid dienone is 2. The zero-order valence-corrected chi connectivity index (χ0v) is 20.9. The Balaban J connectivity index is 1.07. The highest BCUT2D eigenvalue weighted by Gasteiger charge is 2.59. The van der Waals surface area contributed by atoms with Gasteiger partial charge in [-0.15, -0.1) is 0 Å². The molecule has 0 unspecified atom stereocenters. The molecule has 1 saturated carbocycles. The van der Waals surface area contributed by atoms with Crippen LogP contribution in [0, 0.1) is 36.5 Å². The minimum Gasteiger partial charge on any atom is -0.426 e. The van der Waals surface area contributed by atoms with Crippen LogP contribution in [0.15, 0.2) is 72.8 Å². The van der Waals surface area contributed by atoms with E-state index >= 15 is 0 Å². The monoisotopic (exact) mass is 506 g/mol. The molecule has 38 heavy (non-hydrogen) atoms. The van der Waals surface area contributed by atoms with E-state index in [1.54, 1.807) is 30.0 Å². The predicted octanol–water partition coefficient (Wildman–Crippen LogP) is 4.42. The zero-order chi connectivity index (χ0) is 26.1. The number of rotatable bonds is 4. The lowest BCUT2D eigenvalue weighted by atomic mass is 9.85. The fourth-order valence-corrected chi connectivity index (χ4v) is 6.82. The van der Waals surface area contributed by atoms with Crippen molar-refractivity contribution in [1.82, 2.24) is 0 Å². The van der Waals surface area contributed by atoms with Gasteiger partial charge in [-0.3, -0.25) is 19.2 Å². The van der Waals surface area contributed by atoms with Gasteiger partial charge in [0.25, 0.3) is 0 Å². The fourth-order valence-electron chi connectivity index (χ4n) is 6.82. The van der Waals surface area contributed by atoms with Crippen molar-refractivity contribution in [2.45, 2.75) is 19.8 Å². The van der Waals surface area contributed by atoms with Crippen LogP contribution in [0.25, 0.3) is 10.8 Å². The number of anilines is 2. The minimum atomic E-state index is -0.592. The molecule has 0 radical (unpaired) electrons. The van der Waals surface area contributed by atoms with E-state index in [1.165, 1.54) is 4.90 Å². The molecule has 5 atom stereocenters. The Labute approximate surface area is 219 Å². The summed E-state index contributed by atoms with van der Waals surface area (Å²) in [5, 5.41) is 1.99. The third-order valence-corrected chi connectivity index (χ3v) is 8.61. The first-order valence-electron chi connectivity index (χ1n) is 13.1. The molecule has 190 valence electrons. The highest BCUT2D eigenvalue weighted by molar-refractivity contribution is 6.23. The number of fused-ring (bicyclic) bond motifs is 6. The number of imide groups is 1. The number of ether oxygens (including phenoxy) is 1. The van der Waals surface area contributed by atoms with Crippen LogP contribution in [0.3, 0.4) is 0 Å². The van der Waals surface area contributed by atoms with Gasteiger partial charge in [0.15, 0.2) is 0 Å². The van der Waals surface area contributed by atoms with Crippen molar-refractivity contribution in [3.8, 4) is 5.75 Å². The SMILES string of the molecule is Cc1cc(OC(=O)[C@@H]2CC(=O)N(c3cccc4ccccc34)C2)ccc1N1C(=O)[C@@H]2[C@H](C1=O)[C@H]1C=C[C@H]2C1. The van der Waals surface area contributed by atoms with Gasteiger partial charge in [0.2, 0.25) is 17.7 Å². The summed E-state index contributed by atoms with van der Waals surface area (Å²) in [4.78, 5) is 55.3. The van der Waals surface area contributed by atoms with Crippen molar-refractivity contribution in [2.75, 3.05) is 16.3 Å². The van der Waals surface area contributed by atoms with Crippen LogP contribution >= 0.6 is 0 Å². The van der Waals surface area contributed by atoms with Gasteiger partial charge in [-0.05, 0) is 60.4 Å². The summed E-state index contributed by atoms with van der Waals surface area (Å²) in [6.45, 7) is 2.05. The first-order chi connectivity index (χ1) is 18.4. The molecule has 7 nitrogen and oxygen atoms in total. The second-order valence-electron chi connectivity index (χ2n) is 10.8. The zero-order valence-electron chi connectivity index (χ0n) is 20.9. The third-order valence-electron chi connectivity index (χ3n) is 8.61. The average molecular weight is 507 g/mol. The Hall–Kier alpha value is -4.26. The first kappa shape index (κ1) is 22.9. The Morgan fingerprint density at radius 2 is 1.58 bits per heavy atom. The molecule has 0 spiro atoms. The summed E-state index contributed by atoms with van der Waals surface area (Å²) in [5.41, 5.74) is 2.00. The van der Waals surface area contributed by atoms with Crippen LogP contribution in [0.5, 0.6) is 5.75 Å². The summed E-state index contributed by atoms with van der Waals surface area (Å²) in [6, 6.07) is 18.6. The molecule has 3 aromatic carbocycles. The number of hydrogen-bond donors (Lipinski definition) is 0. The molecule has 4 aliphatic rings. The Morgan fingerprint density at radius 3 is 2.32 bits per heavy atom. The van der Waals surface area contributed by atoms with E-state index in [2.05, 4.69) is 12.2 Å². The second-order valence-corrected chi connectivity index (χ2v) is 10.8. The van der Waals surface area contributed by atoms with Crippen LogP contribution in [-0.2, 0) is 19.2 Å². The van der Waals surface area contributed by atoms with Crippen molar-refractivity contribution in [2.24, 2.45) is 29.6 Å². The lowest BCUT2D eigenvalue weighted by molar-refractivity contribution is -0.139. The molecule has 3 amide bonds. The van der Waals surface area contributed by atoms with Gasteiger partial charge in [-0.2, -0.15) is 0 Å². The van der Waals surface area contributed by atoms with E-state index in [0.717, 1.165) is 22.9 Å². The van der Waals surface area contributed by atoms with Gasteiger partial charge in [-0.25, -0.2) is 4.90 Å². The van der Waals surface area contributed by atoms with Gasteiger partial charge in [0.1, 0.15) is 5.75 Å². The summed E-state index contributed by atoms with van der Waals surface area (Å²) < 4.78 is 5.67. The molecule has 2 saturated heterocycles. The normalized spacial score (nSPS) is 27.6. The van der Waals surface area contributed by atoms with E-state index in [-0.39, 0.29) is 54.4 Å². The predicted molar refractivity (Wildman–Crippen MR) is 141 cm³/mol. The largest absolute Gasteiger partial charge is 0.426 e. The molecule has 3 fully saturated rings. The van der Waals surface area contributed by atoms with Crippen molar-refractivity contribution < 1.29 is 23.9 Å². The summed E-state index contributed by atoms with van der Waals surface area (Å²) in [6.07, 6.45) is 5.11. The Kier molecular flexibility index (Phi) is 5.05. The molecule has 2 aliphatic carbocycles. The average Bonchev–Trinajstić information content (AvgIpc) is 3.68. The highest BCUT2D eigenvalue weighted by atomic mass is 16.5. The molecule has 7 heteroatoms. The first-order valence-corrected chi connectivity index (χ1v) is 13.1. The summed E-state index contributed by atoms with van der Waals surface area (Å²) in [5.74, 6) is -1.36. The van der Waals surface area contributed by atoms with E-state index in [4.69, 9.17) is 4.74 Å². The van der Waals surface area contributed by atoms with E-state index in [0.29, 0.717) is 17.0 Å². The Bertz CT molecular complexity index is 1540. The van der Waals surface area contributed by atoms with Gasteiger partial charge in [0, 0.05) is 18.4 Å². The molecule has 0 N–H and O–H groups in total. The second kappa shape index (κ2) is 8.38. The molecule has 2 heterocycles. The van der Waals surface area contributed by atoms with Crippen LogP contribution in [0.1, 0.15) is 18.4 Å². The lowest BCUT2D eigenvalue weighted by Gasteiger charge is -2.20. The number of nitrogens with zero attached hydrogens (tertiary/aromatic N) is 2. The number of hydrogen-bond acceptors (Lipinski definition) is 5. The number of carbonyl (C=O) groups excluding carboxylic acids is 4. The maximum Gasteiger partial charge on any atom is 0.316 e. The molecule has 2 aliphatic heterocycles. The maximum absolute atomic E-state index is 13.2. The number of esters is 1. The molecule has 7 rings (SSSR count). The third kappa shape index (κ3) is 3.34. The van der Waals surface area contributed by atoms with Crippen LogP contribution in [0.2, 0.25) is 0 Å². The standard InChI is InChI=1S/C31H26N2O5/c1-17-13-22(11-12-24(17)33-29(35)27-19-9-10-20(14-19)28(27)30(33)36)38-31(37)21-15-26(34)32(16-21)25-8-4-6-18-5-2-3-7-23(18)25/h2-13,19-21,27-28H,14-16H2,1H3/t19-,20-,21+,27-,28+/m0/s1. The van der Waals surface area contributed by atoms with Gasteiger partial charge in [-0.1, -0.05) is 48.6 Å². The topological polar surface area (TPSA) is 84.0 Å². The molecule has 2 bridgehead atoms. The summed E-state index contributed by atoms with van der Waals surface area (Å²) in [7, 11) is 0. The van der Waals surface area contributed by atoms with Crippen molar-refractivity contribution in [3.63, 3.8) is 0 Å². The lowest BCUT2D eigenvalue weighted by Crippen LogP contribution is -2.33. The number of amides is 3. The van der Waals surface area contributed by atoms with Gasteiger partial charge < -0.3 is 9.64 Å². The molecule has 0 aromatic heterocycles. The van der Waals surface area contributed by atoms with E-state index in [1.807, 2.05) is 42.5 Å². The van der Waals surface area contributed by atoms with E-state index in [9.17, 15) is 19.2 Å². The molecular weight excluding hydrogens is 480 g/mol. The van der Waals surface area contributed by atoms with Gasteiger partial charge >= 0.3 is 5.97 Å². The highest BCUT2D eigenvalue weighted by Crippen LogP contribution is 2.53. The number of benzene rings is 3. The van der Waals surface area contributed by atoms with Crippen LogP contribution in [-0.4, -0.2) is 30.2 Å². The van der Waals surface area contributed by atoms with E-state index < -0.39 is 11.9 Å². The van der Waals surface area contributed by atoms with Crippen molar-refractivity contribution in [1.29, 1.82) is 0 Å². The minimum absolute atomic E-state index is 0.0784. The molecular formula is C31H26N2O5. The number of aryl methyl sites for hydroxylation is 1.